The van der Waals surface area contributed by atoms with Crippen LogP contribution in [0.5, 0.6) is 0 Å². The van der Waals surface area contributed by atoms with Crippen molar-refractivity contribution < 1.29 is 0 Å². The number of para-hydroxylation sites is 1. The van der Waals surface area contributed by atoms with Crippen LogP contribution in [0.4, 0.5) is 5.82 Å². The van der Waals surface area contributed by atoms with Gasteiger partial charge < -0.3 is 9.80 Å². The van der Waals surface area contributed by atoms with Crippen LogP contribution in [-0.4, -0.2) is 48.1 Å². The summed E-state index contributed by atoms with van der Waals surface area (Å²) in [5.74, 6) is 1.92. The molecule has 1 aromatic carbocycles. The molecule has 2 aromatic heterocycles. The van der Waals surface area contributed by atoms with E-state index >= 15 is 0 Å². The predicted octanol–water partition coefficient (Wildman–Crippen LogP) is 3.50. The molecule has 23 heavy (non-hydrogen) atoms. The molecule has 0 unspecified atom stereocenters. The van der Waals surface area contributed by atoms with Crippen molar-refractivity contribution in [3.8, 4) is 10.7 Å². The van der Waals surface area contributed by atoms with Crippen LogP contribution in [0.3, 0.4) is 0 Å². The van der Waals surface area contributed by atoms with Gasteiger partial charge in [-0.1, -0.05) is 18.2 Å². The zero-order valence-corrected chi connectivity index (χ0v) is 14.1. The number of thiophene rings is 1. The molecule has 0 spiro atoms. The molecule has 1 aliphatic rings. The minimum absolute atomic E-state index is 0.839. The molecule has 4 rings (SSSR count). The summed E-state index contributed by atoms with van der Waals surface area (Å²) < 4.78 is 0. The highest BCUT2D eigenvalue weighted by molar-refractivity contribution is 7.13. The first-order chi connectivity index (χ1) is 11.3. The number of hydrogen-bond acceptors (Lipinski definition) is 5. The first kappa shape index (κ1) is 14.6. The quantitative estimate of drug-likeness (QED) is 0.722. The molecule has 5 heteroatoms. The lowest BCUT2D eigenvalue weighted by molar-refractivity contribution is 0.360. The molecule has 3 aromatic rings. The molecule has 1 saturated heterocycles. The average Bonchev–Trinajstić information content (AvgIpc) is 3.03. The minimum Gasteiger partial charge on any atom is -0.355 e. The number of hydrogen-bond donors (Lipinski definition) is 0. The summed E-state index contributed by atoms with van der Waals surface area (Å²) in [4.78, 5) is 15.7. The number of nitrogens with zero attached hydrogens (tertiary/aromatic N) is 4. The Labute approximate surface area is 140 Å². The van der Waals surface area contributed by atoms with Crippen molar-refractivity contribution in [3.63, 3.8) is 0 Å². The first-order valence-corrected chi connectivity index (χ1v) is 8.93. The Morgan fingerprint density at radius 2 is 1.87 bits per heavy atom. The van der Waals surface area contributed by atoms with Crippen LogP contribution in [0.2, 0.25) is 0 Å². The average molecular weight is 324 g/mol. The zero-order chi connectivity index (χ0) is 15.6. The number of anilines is 1. The Morgan fingerprint density at radius 1 is 0.957 bits per heavy atom. The van der Waals surface area contributed by atoms with Gasteiger partial charge in [0.15, 0.2) is 5.82 Å². The molecule has 3 heterocycles. The number of likely N-dealkylation sites (N-methyl/N-ethyl adjacent to an activating group) is 1. The van der Waals surface area contributed by atoms with Crippen LogP contribution in [0.1, 0.15) is 6.42 Å². The summed E-state index contributed by atoms with van der Waals surface area (Å²) in [7, 11) is 2.19. The highest BCUT2D eigenvalue weighted by Crippen LogP contribution is 2.29. The van der Waals surface area contributed by atoms with Gasteiger partial charge in [0.1, 0.15) is 5.82 Å². The highest BCUT2D eigenvalue weighted by Gasteiger charge is 2.18. The molecule has 0 atom stereocenters. The summed E-state index contributed by atoms with van der Waals surface area (Å²) in [6.07, 6.45) is 1.17. The van der Waals surface area contributed by atoms with Crippen molar-refractivity contribution in [3.05, 3.63) is 41.8 Å². The van der Waals surface area contributed by atoms with E-state index in [1.807, 2.05) is 6.07 Å². The van der Waals surface area contributed by atoms with Crippen molar-refractivity contribution >= 4 is 28.1 Å². The van der Waals surface area contributed by atoms with E-state index in [0.717, 1.165) is 53.6 Å². The van der Waals surface area contributed by atoms with Crippen LogP contribution in [0.25, 0.3) is 21.6 Å². The van der Waals surface area contributed by atoms with Gasteiger partial charge in [-0.25, -0.2) is 9.97 Å². The molecule has 1 fully saturated rings. The molecular formula is C18H20N4S. The molecular weight excluding hydrogens is 304 g/mol. The number of aromatic nitrogens is 2. The molecule has 118 valence electrons. The molecule has 1 aliphatic heterocycles. The van der Waals surface area contributed by atoms with E-state index in [4.69, 9.17) is 9.97 Å². The molecule has 0 N–H and O–H groups in total. The van der Waals surface area contributed by atoms with Crippen LogP contribution >= 0.6 is 11.3 Å². The van der Waals surface area contributed by atoms with E-state index in [0.29, 0.717) is 0 Å². The fourth-order valence-electron chi connectivity index (χ4n) is 3.08. The maximum Gasteiger partial charge on any atom is 0.172 e. The van der Waals surface area contributed by atoms with Crippen LogP contribution < -0.4 is 4.90 Å². The lowest BCUT2D eigenvalue weighted by Crippen LogP contribution is -2.29. The SMILES string of the molecule is CN1CCCN(c2nc(-c3cccs3)nc3ccccc23)CC1. The lowest BCUT2D eigenvalue weighted by atomic mass is 10.2. The van der Waals surface area contributed by atoms with E-state index in [2.05, 4.69) is 52.6 Å². The van der Waals surface area contributed by atoms with Gasteiger partial charge in [-0.05, 0) is 43.6 Å². The van der Waals surface area contributed by atoms with Crippen molar-refractivity contribution in [2.45, 2.75) is 6.42 Å². The number of fused-ring (bicyclic) bond motifs is 1. The molecule has 4 nitrogen and oxygen atoms in total. The predicted molar refractivity (Wildman–Crippen MR) is 97.2 cm³/mol. The Bertz CT molecular complexity index is 800. The smallest absolute Gasteiger partial charge is 0.172 e. The maximum atomic E-state index is 4.94. The van der Waals surface area contributed by atoms with Gasteiger partial charge in [-0.2, -0.15) is 0 Å². The van der Waals surface area contributed by atoms with Gasteiger partial charge in [0, 0.05) is 25.0 Å². The largest absolute Gasteiger partial charge is 0.355 e. The summed E-state index contributed by atoms with van der Waals surface area (Å²) in [6, 6.07) is 12.5. The van der Waals surface area contributed by atoms with Crippen molar-refractivity contribution in [2.24, 2.45) is 0 Å². The second kappa shape index (κ2) is 6.26. The Morgan fingerprint density at radius 3 is 2.74 bits per heavy atom. The monoisotopic (exact) mass is 324 g/mol. The van der Waals surface area contributed by atoms with Gasteiger partial charge in [0.2, 0.25) is 0 Å². The van der Waals surface area contributed by atoms with Crippen molar-refractivity contribution in [1.29, 1.82) is 0 Å². The summed E-state index contributed by atoms with van der Waals surface area (Å²) >= 11 is 1.69. The fourth-order valence-corrected chi connectivity index (χ4v) is 3.73. The number of rotatable bonds is 2. The van der Waals surface area contributed by atoms with Crippen molar-refractivity contribution in [2.75, 3.05) is 38.1 Å². The van der Waals surface area contributed by atoms with Gasteiger partial charge in [-0.3, -0.25) is 0 Å². The van der Waals surface area contributed by atoms with Crippen LogP contribution in [0.15, 0.2) is 41.8 Å². The Kier molecular flexibility index (Phi) is 3.97. The minimum atomic E-state index is 0.839. The third kappa shape index (κ3) is 2.94. The van der Waals surface area contributed by atoms with Crippen molar-refractivity contribution in [1.82, 2.24) is 14.9 Å². The van der Waals surface area contributed by atoms with E-state index in [9.17, 15) is 0 Å². The summed E-state index contributed by atoms with van der Waals surface area (Å²) in [6.45, 7) is 4.29. The van der Waals surface area contributed by atoms with Gasteiger partial charge >= 0.3 is 0 Å². The first-order valence-electron chi connectivity index (χ1n) is 8.05. The zero-order valence-electron chi connectivity index (χ0n) is 13.3. The second-order valence-electron chi connectivity index (χ2n) is 6.01. The summed E-state index contributed by atoms with van der Waals surface area (Å²) in [5.41, 5.74) is 1.03. The van der Waals surface area contributed by atoms with E-state index < -0.39 is 0 Å². The summed E-state index contributed by atoms with van der Waals surface area (Å²) in [5, 5.41) is 3.23. The van der Waals surface area contributed by atoms with Gasteiger partial charge in [0.05, 0.1) is 10.4 Å². The van der Waals surface area contributed by atoms with Crippen LogP contribution in [0, 0.1) is 0 Å². The molecule has 0 amide bonds. The molecule has 0 radical (unpaired) electrons. The van der Waals surface area contributed by atoms with E-state index in [1.165, 1.54) is 6.42 Å². The fraction of sp³-hybridized carbons (Fsp3) is 0.333. The van der Waals surface area contributed by atoms with E-state index in [-0.39, 0.29) is 0 Å². The van der Waals surface area contributed by atoms with Crippen LogP contribution in [-0.2, 0) is 0 Å². The standard InChI is InChI=1S/C18H20N4S/c1-21-9-5-10-22(12-11-21)18-14-6-2-3-7-15(14)19-17(20-18)16-8-4-13-23-16/h2-4,6-8,13H,5,9-12H2,1H3. The topological polar surface area (TPSA) is 32.3 Å². The van der Waals surface area contributed by atoms with E-state index in [1.54, 1.807) is 11.3 Å². The Hall–Kier alpha value is -1.98. The second-order valence-corrected chi connectivity index (χ2v) is 6.96. The van der Waals surface area contributed by atoms with Gasteiger partial charge in [-0.15, -0.1) is 11.3 Å². The third-order valence-corrected chi connectivity index (χ3v) is 5.21. The molecule has 0 aliphatic carbocycles. The molecule has 0 bridgehead atoms. The molecule has 0 saturated carbocycles. The third-order valence-electron chi connectivity index (χ3n) is 4.34. The Balaban J connectivity index is 1.83. The lowest BCUT2D eigenvalue weighted by Gasteiger charge is -2.23. The number of benzene rings is 1. The van der Waals surface area contributed by atoms with Gasteiger partial charge in [0.25, 0.3) is 0 Å². The maximum absolute atomic E-state index is 4.94. The normalized spacial score (nSPS) is 16.7. The highest BCUT2D eigenvalue weighted by atomic mass is 32.1.